The van der Waals surface area contributed by atoms with E-state index in [0.29, 0.717) is 12.9 Å². The van der Waals surface area contributed by atoms with Crippen molar-refractivity contribution in [3.8, 4) is 0 Å². The molecule has 0 aliphatic heterocycles. The van der Waals surface area contributed by atoms with Gasteiger partial charge in [-0.25, -0.2) is 4.39 Å². The summed E-state index contributed by atoms with van der Waals surface area (Å²) in [4.78, 5) is 0. The normalized spacial score (nSPS) is 8.36. The van der Waals surface area contributed by atoms with Gasteiger partial charge in [0.2, 0.25) is 0 Å². The highest BCUT2D eigenvalue weighted by atomic mass is 35.5. The van der Waals surface area contributed by atoms with E-state index in [2.05, 4.69) is 0 Å². The van der Waals surface area contributed by atoms with E-state index in [1.54, 1.807) is 0 Å². The maximum absolute atomic E-state index is 12.3. The Balaban J connectivity index is 0.000000461. The molecular formula is C7H8ClF2N. The zero-order chi connectivity index (χ0) is 8.85. The first-order valence-electron chi connectivity index (χ1n) is 2.78. The summed E-state index contributed by atoms with van der Waals surface area (Å²) in [7, 11) is 0.500. The Hall–Kier alpha value is -0.830. The van der Waals surface area contributed by atoms with Crippen molar-refractivity contribution in [1.82, 2.24) is 0 Å². The first-order valence-corrected chi connectivity index (χ1v) is 3.16. The van der Waals surface area contributed by atoms with Crippen LogP contribution in [0.15, 0.2) is 18.2 Å². The summed E-state index contributed by atoms with van der Waals surface area (Å²) in [6.45, 7) is 0. The van der Waals surface area contributed by atoms with Gasteiger partial charge in [-0.05, 0) is 18.2 Å². The minimum atomic E-state index is -0.439. The molecule has 0 saturated heterocycles. The molecule has 11 heavy (non-hydrogen) atoms. The number of nitrogens with two attached hydrogens (primary N) is 1. The van der Waals surface area contributed by atoms with E-state index in [0.717, 1.165) is 0 Å². The largest absolute Gasteiger partial charge is 0.399 e. The lowest BCUT2D eigenvalue weighted by Gasteiger charge is -1.93. The van der Waals surface area contributed by atoms with E-state index in [9.17, 15) is 8.78 Å². The standard InChI is InChI=1S/C6H5ClFN.CH3F/c7-5-3-4(9)1-2-6(5)8;1-2/h1-3H,9H2;1H3. The lowest BCUT2D eigenvalue weighted by molar-refractivity contribution is 0.628. The van der Waals surface area contributed by atoms with Gasteiger partial charge in [0.25, 0.3) is 0 Å². The van der Waals surface area contributed by atoms with Crippen LogP contribution >= 0.6 is 11.6 Å². The average molecular weight is 180 g/mol. The molecule has 0 aliphatic carbocycles. The lowest BCUT2D eigenvalue weighted by atomic mass is 10.3. The highest BCUT2D eigenvalue weighted by molar-refractivity contribution is 6.31. The molecular weight excluding hydrogens is 172 g/mol. The van der Waals surface area contributed by atoms with E-state index in [4.69, 9.17) is 17.3 Å². The number of alkyl halides is 1. The van der Waals surface area contributed by atoms with Gasteiger partial charge in [-0.1, -0.05) is 11.6 Å². The van der Waals surface area contributed by atoms with Crippen molar-refractivity contribution in [1.29, 1.82) is 0 Å². The van der Waals surface area contributed by atoms with E-state index in [-0.39, 0.29) is 5.02 Å². The summed E-state index contributed by atoms with van der Waals surface area (Å²) >= 11 is 5.36. The van der Waals surface area contributed by atoms with E-state index in [1.165, 1.54) is 18.2 Å². The Morgan fingerprint density at radius 1 is 1.36 bits per heavy atom. The van der Waals surface area contributed by atoms with Crippen LogP contribution in [0.4, 0.5) is 14.5 Å². The van der Waals surface area contributed by atoms with Crippen LogP contribution in [0.1, 0.15) is 0 Å². The molecule has 1 aromatic rings. The molecule has 0 saturated carbocycles. The smallest absolute Gasteiger partial charge is 0.141 e. The van der Waals surface area contributed by atoms with Crippen molar-refractivity contribution in [3.63, 3.8) is 0 Å². The van der Waals surface area contributed by atoms with Gasteiger partial charge in [-0.2, -0.15) is 0 Å². The van der Waals surface area contributed by atoms with Gasteiger partial charge in [0.1, 0.15) is 5.82 Å². The first-order chi connectivity index (χ1) is 5.20. The van der Waals surface area contributed by atoms with Crippen LogP contribution in [-0.2, 0) is 0 Å². The molecule has 0 unspecified atom stereocenters. The second kappa shape index (κ2) is 4.91. The predicted octanol–water partition coefficient (Wildman–Crippen LogP) is 2.65. The maximum Gasteiger partial charge on any atom is 0.141 e. The van der Waals surface area contributed by atoms with E-state index < -0.39 is 5.82 Å². The van der Waals surface area contributed by atoms with Crippen LogP contribution < -0.4 is 5.73 Å². The van der Waals surface area contributed by atoms with Crippen LogP contribution in [0, 0.1) is 5.82 Å². The van der Waals surface area contributed by atoms with Crippen LogP contribution in [0.2, 0.25) is 5.02 Å². The number of hydrogen-bond acceptors (Lipinski definition) is 1. The second-order valence-corrected chi connectivity index (χ2v) is 2.08. The zero-order valence-electron chi connectivity index (χ0n) is 5.94. The highest BCUT2D eigenvalue weighted by Crippen LogP contribution is 2.16. The minimum Gasteiger partial charge on any atom is -0.399 e. The molecule has 4 heteroatoms. The molecule has 2 N–H and O–H groups in total. The van der Waals surface area contributed by atoms with Crippen molar-refractivity contribution >= 4 is 17.3 Å². The summed E-state index contributed by atoms with van der Waals surface area (Å²) < 4.78 is 21.8. The third-order valence-corrected chi connectivity index (χ3v) is 1.23. The molecule has 0 bridgehead atoms. The van der Waals surface area contributed by atoms with Crippen molar-refractivity contribution < 1.29 is 8.78 Å². The van der Waals surface area contributed by atoms with E-state index in [1.807, 2.05) is 0 Å². The van der Waals surface area contributed by atoms with Crippen molar-refractivity contribution in [2.24, 2.45) is 0 Å². The van der Waals surface area contributed by atoms with Gasteiger partial charge in [0.05, 0.1) is 12.2 Å². The number of nitrogen functional groups attached to an aromatic ring is 1. The topological polar surface area (TPSA) is 26.0 Å². The molecule has 1 aromatic carbocycles. The molecule has 1 rings (SSSR count). The van der Waals surface area contributed by atoms with Gasteiger partial charge in [0, 0.05) is 5.69 Å². The molecule has 0 radical (unpaired) electrons. The Morgan fingerprint density at radius 3 is 2.27 bits per heavy atom. The Kier molecular flexibility index (Phi) is 4.54. The number of halogens is 3. The fraction of sp³-hybridized carbons (Fsp3) is 0.143. The molecule has 0 spiro atoms. The molecule has 0 aromatic heterocycles. The van der Waals surface area contributed by atoms with Gasteiger partial charge >= 0.3 is 0 Å². The van der Waals surface area contributed by atoms with Crippen molar-refractivity contribution in [2.75, 3.05) is 12.9 Å². The van der Waals surface area contributed by atoms with Crippen LogP contribution in [0.25, 0.3) is 0 Å². The summed E-state index contributed by atoms with van der Waals surface area (Å²) in [6.07, 6.45) is 0. The first kappa shape index (κ1) is 10.2. The number of anilines is 1. The SMILES string of the molecule is CF.Nc1ccc(F)c(Cl)c1. The molecule has 0 heterocycles. The Labute approximate surface area is 68.8 Å². The molecule has 0 amide bonds. The van der Waals surface area contributed by atoms with E-state index >= 15 is 0 Å². The average Bonchev–Trinajstić information content (AvgIpc) is 2.02. The molecule has 0 aliphatic rings. The second-order valence-electron chi connectivity index (χ2n) is 1.67. The molecule has 62 valence electrons. The lowest BCUT2D eigenvalue weighted by Crippen LogP contribution is -1.84. The monoisotopic (exact) mass is 179 g/mol. The highest BCUT2D eigenvalue weighted by Gasteiger charge is 1.95. The van der Waals surface area contributed by atoms with Gasteiger partial charge in [-0.3, -0.25) is 4.39 Å². The van der Waals surface area contributed by atoms with Gasteiger partial charge < -0.3 is 5.73 Å². The van der Waals surface area contributed by atoms with Crippen molar-refractivity contribution in [2.45, 2.75) is 0 Å². The Bertz CT molecular complexity index is 228. The molecule has 0 atom stereocenters. The summed E-state index contributed by atoms with van der Waals surface area (Å²) in [5.74, 6) is -0.439. The van der Waals surface area contributed by atoms with Crippen LogP contribution in [0.3, 0.4) is 0 Å². The predicted molar refractivity (Wildman–Crippen MR) is 42.9 cm³/mol. The molecule has 0 fully saturated rings. The number of benzene rings is 1. The van der Waals surface area contributed by atoms with Gasteiger partial charge in [0.15, 0.2) is 0 Å². The summed E-state index contributed by atoms with van der Waals surface area (Å²) in [5, 5.41) is 0.0648. The summed E-state index contributed by atoms with van der Waals surface area (Å²) in [6, 6.07) is 4.07. The fourth-order valence-electron chi connectivity index (χ4n) is 0.512. The van der Waals surface area contributed by atoms with Gasteiger partial charge in [-0.15, -0.1) is 0 Å². The van der Waals surface area contributed by atoms with Crippen molar-refractivity contribution in [3.05, 3.63) is 29.0 Å². The number of hydrogen-bond donors (Lipinski definition) is 1. The quantitative estimate of drug-likeness (QED) is 0.609. The van der Waals surface area contributed by atoms with Crippen LogP contribution in [0.5, 0.6) is 0 Å². The summed E-state index contributed by atoms with van der Waals surface area (Å²) in [5.41, 5.74) is 5.75. The zero-order valence-corrected chi connectivity index (χ0v) is 6.70. The number of rotatable bonds is 0. The third kappa shape index (κ3) is 3.18. The third-order valence-electron chi connectivity index (χ3n) is 0.944. The fourth-order valence-corrected chi connectivity index (χ4v) is 0.701. The Morgan fingerprint density at radius 2 is 1.91 bits per heavy atom. The van der Waals surface area contributed by atoms with Crippen LogP contribution in [-0.4, -0.2) is 7.18 Å². The maximum atomic E-state index is 12.3. The molecule has 1 nitrogen and oxygen atoms in total. The minimum absolute atomic E-state index is 0.0648.